The van der Waals surface area contributed by atoms with Crippen molar-refractivity contribution in [2.75, 3.05) is 0 Å². The molecule has 0 radical (unpaired) electrons. The van der Waals surface area contributed by atoms with E-state index in [2.05, 4.69) is 0 Å². The Morgan fingerprint density at radius 3 is 2.44 bits per heavy atom. The average molecular weight is 441 g/mol. The highest BCUT2D eigenvalue weighted by atomic mass is 32.9. The Labute approximate surface area is 169 Å². The van der Waals surface area contributed by atoms with Gasteiger partial charge in [0, 0.05) is 18.1 Å². The summed E-state index contributed by atoms with van der Waals surface area (Å²) in [6.07, 6.45) is 0. The molecule has 0 aliphatic rings. The third-order valence-corrected chi connectivity index (χ3v) is 7.25. The number of esters is 1. The van der Waals surface area contributed by atoms with Crippen molar-refractivity contribution < 1.29 is 22.7 Å². The van der Waals surface area contributed by atoms with E-state index in [1.54, 1.807) is 30.3 Å². The second kappa shape index (κ2) is 8.49. The third-order valence-electron chi connectivity index (χ3n) is 3.63. The first-order valence-electron chi connectivity index (χ1n) is 7.63. The summed E-state index contributed by atoms with van der Waals surface area (Å²) in [6.45, 7) is 1.33. The largest absolute Gasteiger partial charge is 0.427 e. The number of carbonyl (C=O) groups is 1. The van der Waals surface area contributed by atoms with Crippen LogP contribution >= 0.6 is 32.9 Å². The van der Waals surface area contributed by atoms with Crippen molar-refractivity contribution >= 4 is 49.9 Å². The lowest BCUT2D eigenvalue weighted by Gasteiger charge is -2.07. The summed E-state index contributed by atoms with van der Waals surface area (Å²) in [5.41, 5.74) is 2.48. The van der Waals surface area contributed by atoms with Crippen LogP contribution in [0.3, 0.4) is 0 Å². The number of halogens is 1. The summed E-state index contributed by atoms with van der Waals surface area (Å²) in [5.74, 6) is -0.749. The molecule has 0 saturated heterocycles. The molecule has 2 aromatic carbocycles. The molecule has 0 amide bonds. The lowest BCUT2D eigenvalue weighted by atomic mass is 10.0. The highest BCUT2D eigenvalue weighted by Gasteiger charge is 2.15. The Morgan fingerprint density at radius 2 is 1.85 bits per heavy atom. The molecule has 140 valence electrons. The van der Waals surface area contributed by atoms with Gasteiger partial charge < -0.3 is 9.29 Å². The smallest absolute Gasteiger partial charge is 0.308 e. The average Bonchev–Trinajstić information content (AvgIpc) is 2.98. The quantitative estimate of drug-likeness (QED) is 0.182. The fourth-order valence-corrected chi connectivity index (χ4v) is 5.90. The molecular weight excluding hydrogens is 427 g/mol. The van der Waals surface area contributed by atoms with Crippen molar-refractivity contribution in [3.8, 4) is 27.3 Å². The molecule has 0 spiro atoms. The van der Waals surface area contributed by atoms with Gasteiger partial charge in [0.2, 0.25) is 0 Å². The van der Waals surface area contributed by atoms with Gasteiger partial charge in [-0.05, 0) is 29.3 Å². The third kappa shape index (κ3) is 4.74. The fourth-order valence-electron chi connectivity index (χ4n) is 2.49. The maximum atomic E-state index is 14.3. The summed E-state index contributed by atoms with van der Waals surface area (Å²) in [4.78, 5) is 11.9. The van der Waals surface area contributed by atoms with Crippen molar-refractivity contribution in [3.63, 3.8) is 0 Å². The standard InChI is InChI=1S/C18H13FO4S4/c1-10(20)23-14-6-4-11(5-7-14)16-17(25-26-18(16)24)12-2-3-13(9-27(21)22)15(19)8-12/h2-8H,9H2,1H3,(H,21,22). The summed E-state index contributed by atoms with van der Waals surface area (Å²) in [6, 6.07) is 11.5. The van der Waals surface area contributed by atoms with Gasteiger partial charge in [-0.1, -0.05) is 57.2 Å². The van der Waals surface area contributed by atoms with Crippen molar-refractivity contribution in [1.82, 2.24) is 0 Å². The van der Waals surface area contributed by atoms with Crippen LogP contribution in [0.15, 0.2) is 42.5 Å². The van der Waals surface area contributed by atoms with Crippen LogP contribution in [0.25, 0.3) is 21.6 Å². The second-order valence-electron chi connectivity index (χ2n) is 5.55. The van der Waals surface area contributed by atoms with Crippen LogP contribution < -0.4 is 4.74 Å². The Hall–Kier alpha value is -1.78. The van der Waals surface area contributed by atoms with Crippen LogP contribution in [0.5, 0.6) is 5.75 Å². The molecule has 0 saturated carbocycles. The van der Waals surface area contributed by atoms with E-state index in [0.717, 1.165) is 16.0 Å². The predicted molar refractivity (Wildman–Crippen MR) is 110 cm³/mol. The molecule has 0 bridgehead atoms. The molecule has 1 aromatic heterocycles. The van der Waals surface area contributed by atoms with E-state index in [4.69, 9.17) is 21.5 Å². The zero-order valence-electron chi connectivity index (χ0n) is 13.9. The number of rotatable bonds is 5. The van der Waals surface area contributed by atoms with Gasteiger partial charge in [-0.15, -0.1) is 0 Å². The summed E-state index contributed by atoms with van der Waals surface area (Å²) >= 11 is 3.35. The zero-order valence-corrected chi connectivity index (χ0v) is 17.2. The normalized spacial score (nSPS) is 12.0. The molecule has 4 nitrogen and oxygen atoms in total. The highest BCUT2D eigenvalue weighted by molar-refractivity contribution is 7.80. The summed E-state index contributed by atoms with van der Waals surface area (Å²) in [5, 5.41) is 0. The number of benzene rings is 2. The Balaban J connectivity index is 2.00. The van der Waals surface area contributed by atoms with Crippen LogP contribution in [0.2, 0.25) is 0 Å². The van der Waals surface area contributed by atoms with Crippen LogP contribution in [-0.4, -0.2) is 14.7 Å². The number of carbonyl (C=O) groups excluding carboxylic acids is 1. The van der Waals surface area contributed by atoms with Crippen LogP contribution in [0.1, 0.15) is 12.5 Å². The van der Waals surface area contributed by atoms with E-state index in [-0.39, 0.29) is 11.3 Å². The van der Waals surface area contributed by atoms with Crippen LogP contribution in [0, 0.1) is 9.64 Å². The summed E-state index contributed by atoms with van der Waals surface area (Å²) in [7, 11) is 2.86. The lowest BCUT2D eigenvalue weighted by molar-refractivity contribution is -0.131. The minimum Gasteiger partial charge on any atom is -0.427 e. The molecule has 1 atom stereocenters. The molecule has 3 rings (SSSR count). The van der Waals surface area contributed by atoms with Gasteiger partial charge in [0.05, 0.1) is 10.6 Å². The monoisotopic (exact) mass is 440 g/mol. The highest BCUT2D eigenvalue weighted by Crippen LogP contribution is 2.41. The minimum atomic E-state index is -2.10. The van der Waals surface area contributed by atoms with E-state index in [0.29, 0.717) is 15.1 Å². The molecule has 3 aromatic rings. The first-order valence-corrected chi connectivity index (χ1v) is 11.5. The van der Waals surface area contributed by atoms with Gasteiger partial charge in [-0.3, -0.25) is 4.79 Å². The van der Waals surface area contributed by atoms with Gasteiger partial charge in [0.25, 0.3) is 0 Å². The van der Waals surface area contributed by atoms with E-state index in [1.165, 1.54) is 39.7 Å². The van der Waals surface area contributed by atoms with Crippen molar-refractivity contribution in [2.24, 2.45) is 0 Å². The Bertz CT molecular complexity index is 1070. The molecule has 1 N–H and O–H groups in total. The predicted octanol–water partition coefficient (Wildman–Crippen LogP) is 5.66. The zero-order chi connectivity index (χ0) is 19.6. The van der Waals surface area contributed by atoms with Crippen LogP contribution in [0.4, 0.5) is 4.39 Å². The lowest BCUT2D eigenvalue weighted by Crippen LogP contribution is -2.00. The van der Waals surface area contributed by atoms with Gasteiger partial charge in [-0.2, -0.15) is 0 Å². The SMILES string of the molecule is CC(=O)Oc1ccc(-c2c(-c3ccc(CS(=O)O)c(F)c3)ssc2=S)cc1. The molecule has 1 heterocycles. The van der Waals surface area contributed by atoms with Crippen molar-refractivity contribution in [1.29, 1.82) is 0 Å². The number of ether oxygens (including phenoxy) is 1. The molecule has 27 heavy (non-hydrogen) atoms. The van der Waals surface area contributed by atoms with E-state index < -0.39 is 22.9 Å². The van der Waals surface area contributed by atoms with Crippen molar-refractivity contribution in [2.45, 2.75) is 12.7 Å². The van der Waals surface area contributed by atoms with E-state index in [1.807, 2.05) is 0 Å². The molecule has 0 aliphatic heterocycles. The topological polar surface area (TPSA) is 63.6 Å². The maximum Gasteiger partial charge on any atom is 0.308 e. The van der Waals surface area contributed by atoms with E-state index >= 15 is 0 Å². The Morgan fingerprint density at radius 1 is 1.19 bits per heavy atom. The molecule has 9 heteroatoms. The Kier molecular flexibility index (Phi) is 6.28. The molecule has 0 fully saturated rings. The van der Waals surface area contributed by atoms with Crippen LogP contribution in [-0.2, 0) is 21.6 Å². The summed E-state index contributed by atoms with van der Waals surface area (Å²) < 4.78 is 39.9. The second-order valence-corrected chi connectivity index (χ2v) is 9.30. The first kappa shape index (κ1) is 20.0. The first-order chi connectivity index (χ1) is 12.8. The molecule has 1 unspecified atom stereocenters. The van der Waals surface area contributed by atoms with Gasteiger partial charge in [0.1, 0.15) is 15.4 Å². The fraction of sp³-hybridized carbons (Fsp3) is 0.111. The van der Waals surface area contributed by atoms with Crippen molar-refractivity contribution in [3.05, 3.63) is 57.7 Å². The van der Waals surface area contributed by atoms with E-state index in [9.17, 15) is 13.4 Å². The molecule has 0 aliphatic carbocycles. The van der Waals surface area contributed by atoms with Gasteiger partial charge in [-0.25, -0.2) is 8.60 Å². The van der Waals surface area contributed by atoms with Gasteiger partial charge in [0.15, 0.2) is 11.1 Å². The molecular formula is C18H13FO4S4. The minimum absolute atomic E-state index is 0.186. The number of hydrogen-bond acceptors (Lipinski definition) is 6. The van der Waals surface area contributed by atoms with Gasteiger partial charge >= 0.3 is 5.97 Å². The maximum absolute atomic E-state index is 14.3. The number of hydrogen-bond donors (Lipinski definition) is 1.